The third-order valence-electron chi connectivity index (χ3n) is 3.64. The van der Waals surface area contributed by atoms with Crippen LogP contribution in [0, 0.1) is 0 Å². The lowest BCUT2D eigenvalue weighted by molar-refractivity contribution is 0.318. The Balaban J connectivity index is 1.96. The van der Waals surface area contributed by atoms with Crippen molar-refractivity contribution in [1.82, 2.24) is 4.90 Å². The minimum Gasteiger partial charge on any atom is -0.409 e. The first-order valence-electron chi connectivity index (χ1n) is 6.72. The van der Waals surface area contributed by atoms with E-state index in [-0.39, 0.29) is 5.84 Å². The molecule has 104 valence electrons. The molecule has 0 bridgehead atoms. The van der Waals surface area contributed by atoms with E-state index in [0.29, 0.717) is 0 Å². The molecular weight excluding hydrogens is 240 g/mol. The maximum absolute atomic E-state index is 8.71. The number of nitrogens with two attached hydrogens (primary N) is 1. The average Bonchev–Trinajstić information content (AvgIpc) is 2.97. The first-order valence-corrected chi connectivity index (χ1v) is 6.72. The van der Waals surface area contributed by atoms with Crippen molar-refractivity contribution < 1.29 is 5.21 Å². The summed E-state index contributed by atoms with van der Waals surface area (Å²) < 4.78 is 0. The normalized spacial score (nSPS) is 16.8. The maximum atomic E-state index is 8.71. The number of likely N-dealkylation sites (tertiary alicyclic amines) is 1. The average molecular weight is 262 g/mol. The lowest BCUT2D eigenvalue weighted by atomic mass is 10.2. The van der Waals surface area contributed by atoms with Gasteiger partial charge in [0.25, 0.3) is 0 Å². The van der Waals surface area contributed by atoms with Crippen molar-refractivity contribution in [2.24, 2.45) is 10.9 Å². The zero-order chi connectivity index (χ0) is 13.7. The molecule has 0 saturated carbocycles. The Labute approximate surface area is 114 Å². The van der Waals surface area contributed by atoms with Crippen LogP contribution in [0.2, 0.25) is 0 Å². The summed E-state index contributed by atoms with van der Waals surface area (Å²) in [7, 11) is 2.07. The molecule has 1 aromatic rings. The quantitative estimate of drug-likeness (QED) is 0.363. The number of nitrogens with zero attached hydrogens (tertiary/aromatic N) is 3. The molecule has 1 heterocycles. The van der Waals surface area contributed by atoms with Gasteiger partial charge in [0.2, 0.25) is 0 Å². The van der Waals surface area contributed by atoms with E-state index in [2.05, 4.69) is 22.0 Å². The summed E-state index contributed by atoms with van der Waals surface area (Å²) in [6.07, 6.45) is 2.64. The van der Waals surface area contributed by atoms with E-state index in [1.54, 1.807) is 0 Å². The molecule has 1 saturated heterocycles. The fourth-order valence-corrected chi connectivity index (χ4v) is 2.39. The first kappa shape index (κ1) is 13.7. The Morgan fingerprint density at radius 2 is 2.16 bits per heavy atom. The highest BCUT2D eigenvalue weighted by atomic mass is 16.4. The van der Waals surface area contributed by atoms with Gasteiger partial charge in [-0.1, -0.05) is 17.3 Å². The fourth-order valence-electron chi connectivity index (χ4n) is 2.39. The number of oxime groups is 1. The molecule has 2 rings (SSSR count). The number of anilines is 1. The van der Waals surface area contributed by atoms with Crippen molar-refractivity contribution in [3.63, 3.8) is 0 Å². The first-order chi connectivity index (χ1) is 9.20. The molecule has 0 radical (unpaired) electrons. The van der Waals surface area contributed by atoms with Gasteiger partial charge in [0, 0.05) is 31.4 Å². The molecule has 0 spiro atoms. The van der Waals surface area contributed by atoms with Gasteiger partial charge in [0.1, 0.15) is 0 Å². The largest absolute Gasteiger partial charge is 0.409 e. The van der Waals surface area contributed by atoms with Gasteiger partial charge in [-0.25, -0.2) is 0 Å². The van der Waals surface area contributed by atoms with Gasteiger partial charge in [-0.3, -0.25) is 0 Å². The van der Waals surface area contributed by atoms with Gasteiger partial charge in [0.05, 0.1) is 0 Å². The Kier molecular flexibility index (Phi) is 4.63. The minimum absolute atomic E-state index is 0.148. The number of rotatable bonds is 5. The summed E-state index contributed by atoms with van der Waals surface area (Å²) >= 11 is 0. The van der Waals surface area contributed by atoms with Crippen LogP contribution in [0.4, 0.5) is 5.69 Å². The molecule has 0 amide bonds. The van der Waals surface area contributed by atoms with Gasteiger partial charge >= 0.3 is 0 Å². The molecule has 1 aliphatic rings. The highest BCUT2D eigenvalue weighted by molar-refractivity contribution is 5.97. The highest BCUT2D eigenvalue weighted by Crippen LogP contribution is 2.15. The summed E-state index contributed by atoms with van der Waals surface area (Å²) in [5.74, 6) is 0.148. The molecule has 19 heavy (non-hydrogen) atoms. The maximum Gasteiger partial charge on any atom is 0.170 e. The predicted octanol–water partition coefficient (Wildman–Crippen LogP) is 1.31. The van der Waals surface area contributed by atoms with Crippen molar-refractivity contribution in [3.05, 3.63) is 29.8 Å². The smallest absolute Gasteiger partial charge is 0.170 e. The molecule has 3 N–H and O–H groups in total. The van der Waals surface area contributed by atoms with E-state index >= 15 is 0 Å². The Hall–Kier alpha value is -1.75. The summed E-state index contributed by atoms with van der Waals surface area (Å²) in [5.41, 5.74) is 7.44. The standard InChI is InChI=1S/C14H22N4O/c1-17(9-10-18-7-2-3-8-18)13-6-4-5-12(11-13)14(15)16-19/h4-6,11,19H,2-3,7-10H2,1H3,(H2,15,16). The molecule has 1 aromatic carbocycles. The monoisotopic (exact) mass is 262 g/mol. The van der Waals surface area contributed by atoms with Crippen molar-refractivity contribution in [1.29, 1.82) is 0 Å². The Morgan fingerprint density at radius 1 is 1.42 bits per heavy atom. The van der Waals surface area contributed by atoms with Crippen LogP contribution in [0.5, 0.6) is 0 Å². The fraction of sp³-hybridized carbons (Fsp3) is 0.500. The van der Waals surface area contributed by atoms with Crippen LogP contribution in [-0.2, 0) is 0 Å². The molecular formula is C14H22N4O. The number of amidine groups is 1. The van der Waals surface area contributed by atoms with E-state index in [9.17, 15) is 0 Å². The lowest BCUT2D eigenvalue weighted by Gasteiger charge is -2.23. The van der Waals surface area contributed by atoms with Crippen LogP contribution >= 0.6 is 0 Å². The number of hydrogen-bond donors (Lipinski definition) is 2. The molecule has 0 aliphatic carbocycles. The molecule has 5 heteroatoms. The van der Waals surface area contributed by atoms with Gasteiger partial charge in [-0.15, -0.1) is 0 Å². The predicted molar refractivity (Wildman–Crippen MR) is 77.9 cm³/mol. The zero-order valence-electron chi connectivity index (χ0n) is 11.4. The van der Waals surface area contributed by atoms with E-state index in [4.69, 9.17) is 10.9 Å². The summed E-state index contributed by atoms with van der Waals surface area (Å²) in [5, 5.41) is 11.7. The number of likely N-dealkylation sites (N-methyl/N-ethyl adjacent to an activating group) is 1. The van der Waals surface area contributed by atoms with Gasteiger partial charge in [-0.05, 0) is 38.1 Å². The van der Waals surface area contributed by atoms with E-state index in [1.807, 2.05) is 24.3 Å². The van der Waals surface area contributed by atoms with E-state index < -0.39 is 0 Å². The van der Waals surface area contributed by atoms with Crippen molar-refractivity contribution in [2.75, 3.05) is 38.1 Å². The Morgan fingerprint density at radius 3 is 2.84 bits per heavy atom. The Bertz CT molecular complexity index is 441. The molecule has 1 fully saturated rings. The van der Waals surface area contributed by atoms with Crippen molar-refractivity contribution in [3.8, 4) is 0 Å². The van der Waals surface area contributed by atoms with Gasteiger partial charge in [0.15, 0.2) is 5.84 Å². The van der Waals surface area contributed by atoms with E-state index in [1.165, 1.54) is 25.9 Å². The van der Waals surface area contributed by atoms with Crippen LogP contribution in [0.25, 0.3) is 0 Å². The van der Waals surface area contributed by atoms with E-state index in [0.717, 1.165) is 24.3 Å². The molecule has 5 nitrogen and oxygen atoms in total. The molecule has 0 unspecified atom stereocenters. The third-order valence-corrected chi connectivity index (χ3v) is 3.64. The second-order valence-electron chi connectivity index (χ2n) is 5.01. The topological polar surface area (TPSA) is 65.1 Å². The SMILES string of the molecule is CN(CCN1CCCC1)c1cccc(/C(N)=N/O)c1. The van der Waals surface area contributed by atoms with Crippen molar-refractivity contribution in [2.45, 2.75) is 12.8 Å². The summed E-state index contributed by atoms with van der Waals surface area (Å²) in [4.78, 5) is 4.69. The third kappa shape index (κ3) is 3.61. The minimum atomic E-state index is 0.148. The van der Waals surface area contributed by atoms with Crippen LogP contribution in [-0.4, -0.2) is 49.2 Å². The molecule has 0 aromatic heterocycles. The second kappa shape index (κ2) is 6.43. The van der Waals surface area contributed by atoms with Gasteiger partial charge in [-0.2, -0.15) is 0 Å². The highest BCUT2D eigenvalue weighted by Gasteiger charge is 2.12. The van der Waals surface area contributed by atoms with Crippen LogP contribution in [0.1, 0.15) is 18.4 Å². The summed E-state index contributed by atoms with van der Waals surface area (Å²) in [6.45, 7) is 4.51. The van der Waals surface area contributed by atoms with Crippen LogP contribution in [0.3, 0.4) is 0 Å². The van der Waals surface area contributed by atoms with Crippen LogP contribution in [0.15, 0.2) is 29.4 Å². The second-order valence-corrected chi connectivity index (χ2v) is 5.01. The molecule has 1 aliphatic heterocycles. The number of benzene rings is 1. The van der Waals surface area contributed by atoms with Gasteiger partial charge < -0.3 is 20.7 Å². The summed E-state index contributed by atoms with van der Waals surface area (Å²) in [6, 6.07) is 7.75. The van der Waals surface area contributed by atoms with Crippen LogP contribution < -0.4 is 10.6 Å². The van der Waals surface area contributed by atoms with Crippen molar-refractivity contribution >= 4 is 11.5 Å². The molecule has 0 atom stereocenters. The number of hydrogen-bond acceptors (Lipinski definition) is 4. The zero-order valence-corrected chi connectivity index (χ0v) is 11.4. The lowest BCUT2D eigenvalue weighted by Crippen LogP contribution is -2.31.